The molecule has 0 N–H and O–H groups in total. The smallest absolute Gasteiger partial charge is 0.358 e. The van der Waals surface area contributed by atoms with Crippen molar-refractivity contribution in [2.75, 3.05) is 0 Å². The second kappa shape index (κ2) is 2.91. The lowest BCUT2D eigenvalue weighted by Crippen LogP contribution is -1.92. The van der Waals surface area contributed by atoms with Crippen LogP contribution in [0, 0.1) is 15.9 Å². The molecule has 0 spiro atoms. The first-order valence-corrected chi connectivity index (χ1v) is 3.36. The summed E-state index contributed by atoms with van der Waals surface area (Å²) in [6, 6.07) is 0.754. The highest BCUT2D eigenvalue weighted by Crippen LogP contribution is 2.17. The van der Waals surface area contributed by atoms with Crippen LogP contribution in [0.4, 0.5) is 10.2 Å². The number of rotatable bonds is 1. The first-order chi connectivity index (χ1) is 5.11. The molecule has 0 unspecified atom stereocenters. The Morgan fingerprint density at radius 2 is 2.36 bits per heavy atom. The third kappa shape index (κ3) is 1.70. The maximum Gasteiger partial charge on any atom is 0.366 e. The summed E-state index contributed by atoms with van der Waals surface area (Å²) < 4.78 is 12.7. The van der Waals surface area contributed by atoms with Crippen molar-refractivity contribution < 1.29 is 9.31 Å². The monoisotopic (exact) mass is 220 g/mol. The van der Waals surface area contributed by atoms with Gasteiger partial charge in [-0.05, 0) is 25.8 Å². The number of nitrogens with zero attached hydrogens (tertiary/aromatic N) is 2. The van der Waals surface area contributed by atoms with Crippen LogP contribution < -0.4 is 0 Å². The van der Waals surface area contributed by atoms with Crippen LogP contribution in [0.2, 0.25) is 0 Å². The van der Waals surface area contributed by atoms with Crippen molar-refractivity contribution in [2.45, 2.75) is 0 Å². The van der Waals surface area contributed by atoms with E-state index in [1.807, 2.05) is 0 Å². The molecule has 0 bridgehead atoms. The molecule has 0 aromatic carbocycles. The van der Waals surface area contributed by atoms with Gasteiger partial charge in [-0.25, -0.2) is 4.39 Å². The van der Waals surface area contributed by atoms with Gasteiger partial charge in [-0.15, -0.1) is 0 Å². The van der Waals surface area contributed by atoms with Gasteiger partial charge in [-0.3, -0.25) is 0 Å². The molecule has 0 radical (unpaired) electrons. The Balaban J connectivity index is 3.15. The summed E-state index contributed by atoms with van der Waals surface area (Å²) in [5, 5.41) is 10.0. The molecule has 0 aliphatic carbocycles. The van der Waals surface area contributed by atoms with E-state index in [-0.39, 0.29) is 4.47 Å². The largest absolute Gasteiger partial charge is 0.366 e. The Bertz CT molecular complexity index is 305. The van der Waals surface area contributed by atoms with Crippen LogP contribution in [0.15, 0.2) is 16.7 Å². The Labute approximate surface area is 69.3 Å². The SMILES string of the molecule is O=[N+]([O-])c1cc(F)c(Br)cn1. The zero-order valence-corrected chi connectivity index (χ0v) is 6.71. The predicted molar refractivity (Wildman–Crippen MR) is 38.5 cm³/mol. The fraction of sp³-hybridized carbons (Fsp3) is 0. The van der Waals surface area contributed by atoms with Crippen LogP contribution in [-0.4, -0.2) is 9.91 Å². The topological polar surface area (TPSA) is 56.0 Å². The van der Waals surface area contributed by atoms with Crippen molar-refractivity contribution in [3.8, 4) is 0 Å². The Hall–Kier alpha value is -1.04. The lowest BCUT2D eigenvalue weighted by Gasteiger charge is -1.91. The Morgan fingerprint density at radius 3 is 2.82 bits per heavy atom. The molecule has 0 atom stereocenters. The zero-order valence-electron chi connectivity index (χ0n) is 5.12. The summed E-state index contributed by atoms with van der Waals surface area (Å²) in [5.41, 5.74) is 0. The average Bonchev–Trinajstić information content (AvgIpc) is 1.94. The minimum Gasteiger partial charge on any atom is -0.358 e. The number of halogens is 2. The quantitative estimate of drug-likeness (QED) is 0.537. The van der Waals surface area contributed by atoms with Gasteiger partial charge in [-0.2, -0.15) is 0 Å². The fourth-order valence-electron chi connectivity index (χ4n) is 0.504. The Kier molecular flexibility index (Phi) is 2.13. The second-order valence-electron chi connectivity index (χ2n) is 1.71. The van der Waals surface area contributed by atoms with Gasteiger partial charge in [0.2, 0.25) is 0 Å². The molecule has 0 aliphatic rings. The summed E-state index contributed by atoms with van der Waals surface area (Å²) in [5.74, 6) is -1.18. The molecule has 0 saturated carbocycles. The minimum atomic E-state index is -0.754. The summed E-state index contributed by atoms with van der Waals surface area (Å²) in [4.78, 5) is 12.6. The van der Waals surface area contributed by atoms with Crippen molar-refractivity contribution in [2.24, 2.45) is 0 Å². The molecule has 58 valence electrons. The summed E-state index contributed by atoms with van der Waals surface area (Å²) in [6.45, 7) is 0. The van der Waals surface area contributed by atoms with Gasteiger partial charge in [0.05, 0.1) is 10.5 Å². The molecular weight excluding hydrogens is 219 g/mol. The molecule has 0 saturated heterocycles. The maximum absolute atomic E-state index is 12.5. The first kappa shape index (κ1) is 8.06. The van der Waals surface area contributed by atoms with E-state index in [2.05, 4.69) is 20.9 Å². The molecular formula is C5H2BrFN2O2. The number of hydrogen-bond donors (Lipinski definition) is 0. The number of aromatic nitrogens is 1. The van der Waals surface area contributed by atoms with E-state index < -0.39 is 16.6 Å². The van der Waals surface area contributed by atoms with Crippen molar-refractivity contribution in [1.29, 1.82) is 0 Å². The number of pyridine rings is 1. The highest BCUT2D eigenvalue weighted by Gasteiger charge is 2.10. The third-order valence-electron chi connectivity index (χ3n) is 0.981. The molecule has 1 heterocycles. The lowest BCUT2D eigenvalue weighted by atomic mass is 10.4. The van der Waals surface area contributed by atoms with E-state index in [1.54, 1.807) is 0 Å². The van der Waals surface area contributed by atoms with E-state index in [0.717, 1.165) is 12.3 Å². The molecule has 0 aliphatic heterocycles. The average molecular weight is 221 g/mol. The normalized spacial score (nSPS) is 9.64. The molecule has 6 heteroatoms. The van der Waals surface area contributed by atoms with Crippen LogP contribution in [0.25, 0.3) is 0 Å². The molecule has 0 amide bonds. The third-order valence-corrected chi connectivity index (χ3v) is 1.56. The van der Waals surface area contributed by atoms with Crippen LogP contribution in [0.5, 0.6) is 0 Å². The predicted octanol–water partition coefficient (Wildman–Crippen LogP) is 1.89. The molecule has 1 rings (SSSR count). The van der Waals surface area contributed by atoms with Crippen molar-refractivity contribution in [3.05, 3.63) is 32.7 Å². The number of nitro groups is 1. The molecule has 1 aromatic heterocycles. The van der Waals surface area contributed by atoms with Crippen molar-refractivity contribution in [3.63, 3.8) is 0 Å². The van der Waals surface area contributed by atoms with Gasteiger partial charge >= 0.3 is 5.82 Å². The second-order valence-corrected chi connectivity index (χ2v) is 2.57. The highest BCUT2D eigenvalue weighted by atomic mass is 79.9. The van der Waals surface area contributed by atoms with Gasteiger partial charge in [0.1, 0.15) is 5.82 Å². The van der Waals surface area contributed by atoms with Crippen LogP contribution in [-0.2, 0) is 0 Å². The van der Waals surface area contributed by atoms with Gasteiger partial charge in [-0.1, -0.05) is 0 Å². The van der Waals surface area contributed by atoms with E-state index in [1.165, 1.54) is 0 Å². The lowest BCUT2D eigenvalue weighted by molar-refractivity contribution is -0.389. The molecule has 0 fully saturated rings. The standard InChI is InChI=1S/C5H2BrFN2O2/c6-3-2-8-5(9(10)11)1-4(3)7/h1-2H. The molecule has 11 heavy (non-hydrogen) atoms. The van der Waals surface area contributed by atoms with Crippen LogP contribution >= 0.6 is 15.9 Å². The zero-order chi connectivity index (χ0) is 8.43. The van der Waals surface area contributed by atoms with Gasteiger partial charge in [0.15, 0.2) is 6.20 Å². The van der Waals surface area contributed by atoms with E-state index >= 15 is 0 Å². The van der Waals surface area contributed by atoms with E-state index in [0.29, 0.717) is 0 Å². The van der Waals surface area contributed by atoms with Crippen LogP contribution in [0.1, 0.15) is 0 Å². The van der Waals surface area contributed by atoms with Gasteiger partial charge in [0.25, 0.3) is 0 Å². The Morgan fingerprint density at radius 1 is 1.73 bits per heavy atom. The summed E-state index contributed by atoms with van der Waals surface area (Å²) in [7, 11) is 0. The highest BCUT2D eigenvalue weighted by molar-refractivity contribution is 9.10. The van der Waals surface area contributed by atoms with Gasteiger partial charge < -0.3 is 10.1 Å². The minimum absolute atomic E-state index is 0.114. The maximum atomic E-state index is 12.5. The van der Waals surface area contributed by atoms with Crippen molar-refractivity contribution in [1.82, 2.24) is 4.98 Å². The van der Waals surface area contributed by atoms with Gasteiger partial charge in [0, 0.05) is 0 Å². The van der Waals surface area contributed by atoms with Crippen LogP contribution in [0.3, 0.4) is 0 Å². The first-order valence-electron chi connectivity index (χ1n) is 2.56. The molecule has 4 nitrogen and oxygen atoms in total. The number of hydrogen-bond acceptors (Lipinski definition) is 3. The molecule has 1 aromatic rings. The van der Waals surface area contributed by atoms with E-state index in [4.69, 9.17) is 0 Å². The summed E-state index contributed by atoms with van der Waals surface area (Å²) in [6.07, 6.45) is 1.05. The fourth-order valence-corrected chi connectivity index (χ4v) is 0.721. The summed E-state index contributed by atoms with van der Waals surface area (Å²) >= 11 is 2.82. The van der Waals surface area contributed by atoms with E-state index in [9.17, 15) is 14.5 Å². The van der Waals surface area contributed by atoms with Crippen molar-refractivity contribution >= 4 is 21.7 Å².